The summed E-state index contributed by atoms with van der Waals surface area (Å²) in [5.41, 5.74) is 1.46. The van der Waals surface area contributed by atoms with E-state index in [1.807, 2.05) is 45.0 Å². The van der Waals surface area contributed by atoms with Gasteiger partial charge >= 0.3 is 5.97 Å². The fraction of sp³-hybridized carbons (Fsp3) is 0.682. The molecule has 3 rings (SSSR count). The van der Waals surface area contributed by atoms with Gasteiger partial charge in [-0.05, 0) is 66.2 Å². The first-order chi connectivity index (χ1) is 28.1. The second-order valence-corrected chi connectivity index (χ2v) is 30.4. The fourth-order valence-electron chi connectivity index (χ4n) is 6.51. The molecule has 17 heteroatoms. The smallest absolute Gasteiger partial charge is 0.327 e. The first kappa shape index (κ1) is 51.8. The molecule has 1 aromatic carbocycles. The molecule has 0 spiro atoms. The Labute approximate surface area is 369 Å². The number of hydrogen-bond acceptors (Lipinski definition) is 9. The maximum atomic E-state index is 14.6. The number of rotatable bonds is 13. The van der Waals surface area contributed by atoms with Crippen LogP contribution in [0.25, 0.3) is 10.9 Å². The van der Waals surface area contributed by atoms with Crippen molar-refractivity contribution >= 4 is 74.7 Å². The Bertz CT molecular complexity index is 1890. The Morgan fingerprint density at radius 1 is 0.869 bits per heavy atom. The zero-order chi connectivity index (χ0) is 46.2. The van der Waals surface area contributed by atoms with E-state index in [0.29, 0.717) is 23.6 Å². The van der Waals surface area contributed by atoms with Crippen LogP contribution in [-0.4, -0.2) is 106 Å². The lowest BCUT2D eigenvalue weighted by molar-refractivity contribution is -0.141. The van der Waals surface area contributed by atoms with Gasteiger partial charge in [-0.25, -0.2) is 4.79 Å². The number of fused-ring (bicyclic) bond motifs is 3. The van der Waals surface area contributed by atoms with E-state index in [1.165, 1.54) is 11.8 Å². The van der Waals surface area contributed by atoms with Gasteiger partial charge in [-0.3, -0.25) is 24.0 Å². The van der Waals surface area contributed by atoms with Crippen LogP contribution in [0.15, 0.2) is 29.3 Å². The van der Waals surface area contributed by atoms with E-state index in [4.69, 9.17) is 8.85 Å². The molecule has 2 heterocycles. The van der Waals surface area contributed by atoms with Crippen molar-refractivity contribution in [3.63, 3.8) is 0 Å². The predicted octanol–water partition coefficient (Wildman–Crippen LogP) is 6.41. The molecule has 342 valence electrons. The van der Waals surface area contributed by atoms with Gasteiger partial charge in [0.2, 0.25) is 23.6 Å². The number of thioether (sulfide) groups is 1. The van der Waals surface area contributed by atoms with Crippen molar-refractivity contribution in [3.8, 4) is 0 Å². The summed E-state index contributed by atoms with van der Waals surface area (Å²) in [7, 11) is -4.51. The molecule has 0 unspecified atom stereocenters. The molecule has 1 aliphatic rings. The van der Waals surface area contributed by atoms with E-state index in [0.717, 1.165) is 10.9 Å². The number of carboxylic acids is 1. The quantitative estimate of drug-likeness (QED) is 0.122. The minimum Gasteiger partial charge on any atom is -0.480 e. The number of carbonyl (C=O) groups is 6. The second kappa shape index (κ2) is 21.2. The lowest BCUT2D eigenvalue weighted by Gasteiger charge is -2.44. The van der Waals surface area contributed by atoms with Gasteiger partial charge in [0, 0.05) is 34.9 Å². The first-order valence-corrected chi connectivity index (χ1v) is 28.3. The third-order valence-corrected chi connectivity index (χ3v) is 23.4. The summed E-state index contributed by atoms with van der Waals surface area (Å²) in [6.45, 7) is 28.8. The van der Waals surface area contributed by atoms with Crippen molar-refractivity contribution in [2.24, 2.45) is 23.7 Å². The Hall–Kier alpha value is -3.52. The summed E-state index contributed by atoms with van der Waals surface area (Å²) in [5.74, 6) is -6.00. The van der Waals surface area contributed by atoms with E-state index in [-0.39, 0.29) is 52.4 Å². The summed E-state index contributed by atoms with van der Waals surface area (Å²) in [5, 5.41) is 21.8. The van der Waals surface area contributed by atoms with Crippen LogP contribution in [-0.2, 0) is 44.0 Å². The number of hydrogen-bond donors (Lipinski definition) is 6. The molecule has 14 nitrogen and oxygen atoms in total. The number of H-pyrrole nitrogens is 1. The van der Waals surface area contributed by atoms with Gasteiger partial charge in [-0.1, -0.05) is 93.9 Å². The summed E-state index contributed by atoms with van der Waals surface area (Å²) in [6, 6.07) is 5.13. The van der Waals surface area contributed by atoms with Crippen LogP contribution < -0.4 is 21.3 Å². The van der Waals surface area contributed by atoms with Gasteiger partial charge in [-0.15, -0.1) is 11.8 Å². The lowest BCUT2D eigenvalue weighted by atomic mass is 9.82. The molecule has 0 bridgehead atoms. The molecule has 0 fully saturated rings. The number of amides is 4. The van der Waals surface area contributed by atoms with E-state index in [1.54, 1.807) is 6.92 Å². The van der Waals surface area contributed by atoms with Gasteiger partial charge in [0.25, 0.3) is 0 Å². The first-order valence-electron chi connectivity index (χ1n) is 21.5. The lowest BCUT2D eigenvalue weighted by Crippen LogP contribution is -2.54. The normalized spacial score (nSPS) is 21.7. The standard InChI is InChI=1S/C44H73N5O9SSi2/c1-15-26(2)38-40(54)46-22-36(51)47-33(42(55)56)25-59-41-31(30-18-16-17-19-32(30)48-41)20-29(39(53)45-23-37(52)49-38)21-34(50)27(3)28(4)35(58-61(13,14)44(8,9)10)24-57-60(11,12)43(5,6)7/h16-19,26-29,33,35,38,48H,15,20-25H2,1-14H3,(H,45,53)(H,46,54)(H,47,51)(H,49,52)(H,55,56)/t26-,27-,28+,29+,33-,35-,38-/m0/s1. The predicted molar refractivity (Wildman–Crippen MR) is 246 cm³/mol. The van der Waals surface area contributed by atoms with Gasteiger partial charge in [0.1, 0.15) is 17.9 Å². The molecule has 4 amide bonds. The van der Waals surface area contributed by atoms with Gasteiger partial charge in [0.05, 0.1) is 30.8 Å². The average Bonchev–Trinajstić information content (AvgIpc) is 3.52. The molecule has 1 aromatic heterocycles. The minimum absolute atomic E-state index is 0.0320. The van der Waals surface area contributed by atoms with Crippen molar-refractivity contribution in [2.75, 3.05) is 25.4 Å². The van der Waals surface area contributed by atoms with Crippen LogP contribution in [0, 0.1) is 23.7 Å². The molecular formula is C44H73N5O9SSi2. The van der Waals surface area contributed by atoms with Crippen molar-refractivity contribution in [1.82, 2.24) is 26.3 Å². The third-order valence-electron chi connectivity index (χ3n) is 13.3. The number of benzene rings is 1. The topological polar surface area (TPSA) is 205 Å². The van der Waals surface area contributed by atoms with Crippen LogP contribution in [0.5, 0.6) is 0 Å². The van der Waals surface area contributed by atoms with Crippen LogP contribution in [0.1, 0.15) is 87.6 Å². The maximum Gasteiger partial charge on any atom is 0.327 e. The number of Topliss-reactive ketones (excluding diaryl/α,β-unsaturated/α-hetero) is 1. The van der Waals surface area contributed by atoms with E-state index in [9.17, 15) is 33.9 Å². The molecule has 2 aromatic rings. The Kier molecular flexibility index (Phi) is 18.0. The molecule has 0 radical (unpaired) electrons. The van der Waals surface area contributed by atoms with Gasteiger partial charge in [0.15, 0.2) is 16.6 Å². The number of carboxylic acid groups (broad SMARTS) is 1. The highest BCUT2D eigenvalue weighted by Gasteiger charge is 2.44. The Balaban J connectivity index is 2.06. The Morgan fingerprint density at radius 2 is 1.44 bits per heavy atom. The summed E-state index contributed by atoms with van der Waals surface area (Å²) < 4.78 is 13.8. The van der Waals surface area contributed by atoms with Crippen LogP contribution >= 0.6 is 11.8 Å². The zero-order valence-electron chi connectivity index (χ0n) is 38.9. The SMILES string of the molecule is CC[C@H](C)[C@@H]1NC(=O)CNC(=O)[C@@H](CC(=O)[C@@H](C)[C@@H](C)[C@H](CO[Si](C)(C)C(C)(C)C)O[Si](C)(C)C(C)(C)C)Cc2c([nH]c3ccccc23)SC[C@@H](C(=O)O)NC(=O)CNC1=O. The van der Waals surface area contributed by atoms with E-state index < -0.39 is 83.2 Å². The molecule has 0 aliphatic carbocycles. The number of nitrogens with one attached hydrogen (secondary N) is 5. The van der Waals surface area contributed by atoms with Crippen molar-refractivity contribution in [3.05, 3.63) is 29.8 Å². The number of aliphatic carboxylic acids is 1. The summed E-state index contributed by atoms with van der Waals surface area (Å²) >= 11 is 1.17. The monoisotopic (exact) mass is 903 g/mol. The third kappa shape index (κ3) is 14.0. The molecule has 0 saturated carbocycles. The molecule has 1 aliphatic heterocycles. The highest BCUT2D eigenvalue weighted by Crippen LogP contribution is 2.41. The van der Waals surface area contributed by atoms with Crippen molar-refractivity contribution in [2.45, 2.75) is 148 Å². The Morgan fingerprint density at radius 3 is 2.02 bits per heavy atom. The van der Waals surface area contributed by atoms with E-state index in [2.05, 4.69) is 94.0 Å². The molecule has 6 N–H and O–H groups in total. The van der Waals surface area contributed by atoms with Crippen LogP contribution in [0.3, 0.4) is 0 Å². The number of ketones is 1. The minimum atomic E-state index is -2.33. The summed E-state index contributed by atoms with van der Waals surface area (Å²) in [6.07, 6.45) is 0.0800. The fourth-order valence-corrected chi connectivity index (χ4v) is 10.0. The van der Waals surface area contributed by atoms with E-state index >= 15 is 0 Å². The van der Waals surface area contributed by atoms with Crippen LogP contribution in [0.4, 0.5) is 0 Å². The average molecular weight is 904 g/mol. The number of para-hydroxylation sites is 1. The zero-order valence-corrected chi connectivity index (χ0v) is 41.7. The number of aromatic nitrogens is 1. The highest BCUT2D eigenvalue weighted by molar-refractivity contribution is 7.99. The number of aromatic amines is 1. The summed E-state index contributed by atoms with van der Waals surface area (Å²) in [4.78, 5) is 84.1. The van der Waals surface area contributed by atoms with Gasteiger partial charge in [-0.2, -0.15) is 0 Å². The largest absolute Gasteiger partial charge is 0.480 e. The molecule has 7 atom stereocenters. The number of carbonyl (C=O) groups excluding carboxylic acids is 5. The van der Waals surface area contributed by atoms with Crippen molar-refractivity contribution < 1.29 is 42.7 Å². The highest BCUT2D eigenvalue weighted by atomic mass is 32.2. The molecule has 0 saturated heterocycles. The maximum absolute atomic E-state index is 14.6. The van der Waals surface area contributed by atoms with Crippen molar-refractivity contribution in [1.29, 1.82) is 0 Å². The molecule has 61 heavy (non-hydrogen) atoms. The molecular weight excluding hydrogens is 831 g/mol. The van der Waals surface area contributed by atoms with Crippen LogP contribution in [0.2, 0.25) is 36.3 Å². The van der Waals surface area contributed by atoms with Gasteiger partial charge < -0.3 is 40.2 Å². The second-order valence-electron chi connectivity index (χ2n) is 19.8.